The van der Waals surface area contributed by atoms with E-state index in [2.05, 4.69) is 33.4 Å². The van der Waals surface area contributed by atoms with Gasteiger partial charge in [-0.1, -0.05) is 59.3 Å². The van der Waals surface area contributed by atoms with Gasteiger partial charge in [-0.05, 0) is 49.1 Å². The van der Waals surface area contributed by atoms with Crippen molar-refractivity contribution < 1.29 is 9.59 Å². The van der Waals surface area contributed by atoms with E-state index in [0.717, 1.165) is 21.4 Å². The summed E-state index contributed by atoms with van der Waals surface area (Å²) >= 11 is 5.02. The molecule has 1 N–H and O–H groups in total. The van der Waals surface area contributed by atoms with Gasteiger partial charge in [-0.15, -0.1) is 11.8 Å². The Morgan fingerprint density at radius 1 is 1.10 bits per heavy atom. The summed E-state index contributed by atoms with van der Waals surface area (Å²) in [6, 6.07) is 15.7. The average molecular weight is 477 g/mol. The third-order valence-corrected chi connectivity index (χ3v) is 6.26. The third kappa shape index (κ3) is 7.19. The number of aryl methyl sites for hydroxylation is 1. The first kappa shape index (κ1) is 23.5. The summed E-state index contributed by atoms with van der Waals surface area (Å²) in [5.41, 5.74) is 3.37. The first-order valence-electron chi connectivity index (χ1n) is 9.90. The minimum absolute atomic E-state index is 0.00605. The van der Waals surface area contributed by atoms with Crippen molar-refractivity contribution in [1.82, 2.24) is 10.2 Å². The van der Waals surface area contributed by atoms with Gasteiger partial charge in [0, 0.05) is 23.3 Å². The van der Waals surface area contributed by atoms with Gasteiger partial charge in [-0.2, -0.15) is 0 Å². The molecule has 0 spiro atoms. The molecule has 0 aliphatic rings. The van der Waals surface area contributed by atoms with E-state index in [1.165, 1.54) is 5.56 Å². The van der Waals surface area contributed by atoms with Crippen LogP contribution in [0.3, 0.4) is 0 Å². The maximum atomic E-state index is 13.1. The van der Waals surface area contributed by atoms with E-state index in [1.54, 1.807) is 16.7 Å². The zero-order chi connectivity index (χ0) is 21.2. The van der Waals surface area contributed by atoms with Crippen molar-refractivity contribution in [1.29, 1.82) is 0 Å². The predicted molar refractivity (Wildman–Crippen MR) is 125 cm³/mol. The molecule has 156 valence electrons. The maximum Gasteiger partial charge on any atom is 0.242 e. The second kappa shape index (κ2) is 12.0. The fourth-order valence-electron chi connectivity index (χ4n) is 3.10. The number of rotatable bonds is 10. The fraction of sp³-hybridized carbons (Fsp3) is 0.391. The minimum Gasteiger partial charge on any atom is -0.355 e. The van der Waals surface area contributed by atoms with Crippen LogP contribution in [0.1, 0.15) is 37.0 Å². The molecule has 29 heavy (non-hydrogen) atoms. The van der Waals surface area contributed by atoms with E-state index in [4.69, 9.17) is 0 Å². The molecule has 0 fully saturated rings. The van der Waals surface area contributed by atoms with Crippen molar-refractivity contribution >= 4 is 39.5 Å². The van der Waals surface area contributed by atoms with Crippen molar-refractivity contribution in [2.75, 3.05) is 12.3 Å². The second-order valence-electron chi connectivity index (χ2n) is 6.89. The summed E-state index contributed by atoms with van der Waals surface area (Å²) in [6.07, 6.45) is 0.584. The molecule has 0 saturated carbocycles. The topological polar surface area (TPSA) is 49.4 Å². The van der Waals surface area contributed by atoms with Gasteiger partial charge < -0.3 is 10.2 Å². The molecular formula is C23H29BrN2O2S. The SMILES string of the molecule is CCNC(=O)[C@@H](CC)N(Cc1ccccc1C)C(=O)CSCc1ccc(Br)cc1. The summed E-state index contributed by atoms with van der Waals surface area (Å²) in [7, 11) is 0. The average Bonchev–Trinajstić information content (AvgIpc) is 2.71. The summed E-state index contributed by atoms with van der Waals surface area (Å²) in [6.45, 7) is 6.88. The standard InChI is InChI=1S/C23H29BrN2O2S/c1-4-21(23(28)25-5-2)26(14-19-9-7-6-8-17(19)3)22(27)16-29-15-18-10-12-20(24)13-11-18/h6-13,21H,4-5,14-16H2,1-3H3,(H,25,28)/t21-/m1/s1. The predicted octanol–water partition coefficient (Wildman–Crippen LogP) is 4.93. The minimum atomic E-state index is -0.463. The van der Waals surface area contributed by atoms with Crippen LogP contribution in [0.15, 0.2) is 53.0 Å². The molecule has 0 saturated heterocycles. The second-order valence-corrected chi connectivity index (χ2v) is 8.79. The van der Waals surface area contributed by atoms with Crippen LogP contribution in [0.5, 0.6) is 0 Å². The lowest BCUT2D eigenvalue weighted by Gasteiger charge is -2.31. The molecule has 2 aromatic rings. The first-order valence-corrected chi connectivity index (χ1v) is 11.8. The molecule has 2 aromatic carbocycles. The number of carbonyl (C=O) groups excluding carboxylic acids is 2. The van der Waals surface area contributed by atoms with Crippen molar-refractivity contribution in [2.24, 2.45) is 0 Å². The van der Waals surface area contributed by atoms with Gasteiger partial charge in [0.05, 0.1) is 5.75 Å². The zero-order valence-corrected chi connectivity index (χ0v) is 19.7. The molecule has 0 radical (unpaired) electrons. The molecule has 0 unspecified atom stereocenters. The van der Waals surface area contributed by atoms with Gasteiger partial charge in [0.25, 0.3) is 0 Å². The Bertz CT molecular complexity index is 811. The molecule has 2 amide bonds. The normalized spacial score (nSPS) is 11.7. The van der Waals surface area contributed by atoms with Gasteiger partial charge in [0.1, 0.15) is 6.04 Å². The van der Waals surface area contributed by atoms with Crippen molar-refractivity contribution in [3.05, 3.63) is 69.7 Å². The highest BCUT2D eigenvalue weighted by atomic mass is 79.9. The molecule has 0 bridgehead atoms. The Labute approximate surface area is 186 Å². The lowest BCUT2D eigenvalue weighted by Crippen LogP contribution is -2.49. The first-order chi connectivity index (χ1) is 14.0. The number of likely N-dealkylation sites (N-methyl/N-ethyl adjacent to an activating group) is 1. The smallest absolute Gasteiger partial charge is 0.242 e. The van der Waals surface area contributed by atoms with Crippen molar-refractivity contribution in [3.8, 4) is 0 Å². The van der Waals surface area contributed by atoms with Crippen LogP contribution < -0.4 is 5.32 Å². The van der Waals surface area contributed by atoms with Gasteiger partial charge in [0.2, 0.25) is 11.8 Å². The maximum absolute atomic E-state index is 13.1. The summed E-state index contributed by atoms with van der Waals surface area (Å²) in [5.74, 6) is 1.01. The molecule has 0 aliphatic carbocycles. The zero-order valence-electron chi connectivity index (χ0n) is 17.3. The Morgan fingerprint density at radius 2 is 1.79 bits per heavy atom. The van der Waals surface area contributed by atoms with Gasteiger partial charge in [-0.3, -0.25) is 9.59 Å². The number of amides is 2. The van der Waals surface area contributed by atoms with E-state index in [9.17, 15) is 9.59 Å². The van der Waals surface area contributed by atoms with Gasteiger partial charge in [0.15, 0.2) is 0 Å². The Morgan fingerprint density at radius 3 is 2.41 bits per heavy atom. The summed E-state index contributed by atoms with van der Waals surface area (Å²) in [4.78, 5) is 27.5. The quantitative estimate of drug-likeness (QED) is 0.528. The van der Waals surface area contributed by atoms with Crippen LogP contribution in [0.2, 0.25) is 0 Å². The molecule has 0 heterocycles. The number of nitrogens with zero attached hydrogens (tertiary/aromatic N) is 1. The van der Waals surface area contributed by atoms with Crippen LogP contribution in [0, 0.1) is 6.92 Å². The molecule has 4 nitrogen and oxygen atoms in total. The van der Waals surface area contributed by atoms with E-state index < -0.39 is 6.04 Å². The van der Waals surface area contributed by atoms with Crippen LogP contribution >= 0.6 is 27.7 Å². The molecule has 2 rings (SSSR count). The Balaban J connectivity index is 2.11. The summed E-state index contributed by atoms with van der Waals surface area (Å²) in [5, 5.41) is 2.88. The lowest BCUT2D eigenvalue weighted by molar-refractivity contribution is -0.139. The molecule has 6 heteroatoms. The lowest BCUT2D eigenvalue weighted by atomic mass is 10.1. The third-order valence-electron chi connectivity index (χ3n) is 4.75. The highest BCUT2D eigenvalue weighted by Gasteiger charge is 2.28. The molecule has 1 atom stereocenters. The van der Waals surface area contributed by atoms with E-state index >= 15 is 0 Å². The van der Waals surface area contributed by atoms with E-state index in [0.29, 0.717) is 25.3 Å². The number of thioether (sulfide) groups is 1. The Hall–Kier alpha value is -1.79. The summed E-state index contributed by atoms with van der Waals surface area (Å²) < 4.78 is 1.04. The number of hydrogen-bond acceptors (Lipinski definition) is 3. The van der Waals surface area contributed by atoms with Gasteiger partial charge in [-0.25, -0.2) is 0 Å². The molecule has 0 aromatic heterocycles. The van der Waals surface area contributed by atoms with Crippen molar-refractivity contribution in [2.45, 2.75) is 45.5 Å². The highest BCUT2D eigenvalue weighted by Crippen LogP contribution is 2.19. The highest BCUT2D eigenvalue weighted by molar-refractivity contribution is 9.10. The number of nitrogens with one attached hydrogen (secondary N) is 1. The van der Waals surface area contributed by atoms with E-state index in [-0.39, 0.29) is 11.8 Å². The number of carbonyl (C=O) groups is 2. The molecular weight excluding hydrogens is 448 g/mol. The van der Waals surface area contributed by atoms with Crippen LogP contribution in [0.25, 0.3) is 0 Å². The van der Waals surface area contributed by atoms with Crippen LogP contribution in [-0.4, -0.2) is 35.1 Å². The monoisotopic (exact) mass is 476 g/mol. The van der Waals surface area contributed by atoms with Crippen molar-refractivity contribution in [3.63, 3.8) is 0 Å². The number of halogens is 1. The molecule has 0 aliphatic heterocycles. The fourth-order valence-corrected chi connectivity index (χ4v) is 4.24. The number of benzene rings is 2. The van der Waals surface area contributed by atoms with Gasteiger partial charge >= 0.3 is 0 Å². The van der Waals surface area contributed by atoms with Crippen LogP contribution in [0.4, 0.5) is 0 Å². The largest absolute Gasteiger partial charge is 0.355 e. The Kier molecular flexibility index (Phi) is 9.74. The van der Waals surface area contributed by atoms with E-state index in [1.807, 2.05) is 57.2 Å². The van der Waals surface area contributed by atoms with Crippen LogP contribution in [-0.2, 0) is 21.9 Å². The number of hydrogen-bond donors (Lipinski definition) is 1.